The minimum atomic E-state index is 0.0459. The number of aromatic nitrogens is 2. The predicted molar refractivity (Wildman–Crippen MR) is 69.4 cm³/mol. The number of rotatable bonds is 3. The zero-order chi connectivity index (χ0) is 13.0. The molecule has 1 aliphatic heterocycles. The molecule has 4 nitrogen and oxygen atoms in total. The zero-order valence-electron chi connectivity index (χ0n) is 11.8. The summed E-state index contributed by atoms with van der Waals surface area (Å²) in [6.45, 7) is 11.0. The van der Waals surface area contributed by atoms with E-state index in [2.05, 4.69) is 38.2 Å². The second-order valence-corrected chi connectivity index (χ2v) is 6.94. The van der Waals surface area contributed by atoms with Crippen LogP contribution in [-0.4, -0.2) is 23.2 Å². The van der Waals surface area contributed by atoms with E-state index in [1.165, 1.54) is 6.42 Å². The molecule has 0 bridgehead atoms. The summed E-state index contributed by atoms with van der Waals surface area (Å²) in [6, 6.07) is 0. The van der Waals surface area contributed by atoms with Crippen molar-refractivity contribution in [3.05, 3.63) is 11.7 Å². The topological polar surface area (TPSA) is 51.0 Å². The quantitative estimate of drug-likeness (QED) is 0.894. The van der Waals surface area contributed by atoms with Crippen molar-refractivity contribution in [2.24, 2.45) is 11.3 Å². The lowest BCUT2D eigenvalue weighted by atomic mass is 9.76. The second kappa shape index (κ2) is 3.80. The first-order valence-electron chi connectivity index (χ1n) is 7.00. The predicted octanol–water partition coefficient (Wildman–Crippen LogP) is 2.47. The maximum absolute atomic E-state index is 5.61. The number of nitrogens with one attached hydrogen (secondary N) is 1. The molecular weight excluding hydrogens is 226 g/mol. The van der Waals surface area contributed by atoms with Gasteiger partial charge in [0, 0.05) is 12.5 Å². The molecule has 2 unspecified atom stereocenters. The fourth-order valence-corrected chi connectivity index (χ4v) is 3.12. The van der Waals surface area contributed by atoms with Gasteiger partial charge in [0.15, 0.2) is 5.82 Å². The molecule has 2 atom stereocenters. The summed E-state index contributed by atoms with van der Waals surface area (Å²) in [7, 11) is 0. The summed E-state index contributed by atoms with van der Waals surface area (Å²) in [4.78, 5) is 4.73. The van der Waals surface area contributed by atoms with E-state index in [-0.39, 0.29) is 5.41 Å². The van der Waals surface area contributed by atoms with Crippen molar-refractivity contribution in [1.82, 2.24) is 15.5 Å². The number of hydrogen-bond donors (Lipinski definition) is 1. The summed E-state index contributed by atoms with van der Waals surface area (Å²) >= 11 is 0. The Bertz CT molecular complexity index is 444. The van der Waals surface area contributed by atoms with Crippen LogP contribution >= 0.6 is 0 Å². The zero-order valence-corrected chi connectivity index (χ0v) is 11.8. The highest BCUT2D eigenvalue weighted by molar-refractivity contribution is 5.18. The van der Waals surface area contributed by atoms with Crippen molar-refractivity contribution in [3.8, 4) is 0 Å². The fraction of sp³-hybridized carbons (Fsp3) is 0.857. The molecule has 1 aliphatic carbocycles. The van der Waals surface area contributed by atoms with Gasteiger partial charge in [-0.05, 0) is 30.7 Å². The molecule has 1 aromatic heterocycles. The Morgan fingerprint density at radius 3 is 2.61 bits per heavy atom. The van der Waals surface area contributed by atoms with E-state index in [1.807, 2.05) is 0 Å². The standard InChI is InChI=1S/C14H23N3O/c1-9(2)14(5-6-15-8-14)12-16-11(17-18-12)10-7-13(10,3)4/h9-10,15H,5-8H2,1-4H3. The van der Waals surface area contributed by atoms with Crippen molar-refractivity contribution in [2.45, 2.75) is 51.9 Å². The summed E-state index contributed by atoms with van der Waals surface area (Å²) < 4.78 is 5.61. The molecule has 1 aromatic rings. The minimum Gasteiger partial charge on any atom is -0.339 e. The molecule has 4 heteroatoms. The molecule has 1 saturated carbocycles. The van der Waals surface area contributed by atoms with Gasteiger partial charge in [0.05, 0.1) is 5.41 Å². The highest BCUT2D eigenvalue weighted by Crippen LogP contribution is 2.57. The van der Waals surface area contributed by atoms with Gasteiger partial charge in [-0.25, -0.2) is 0 Å². The molecule has 0 radical (unpaired) electrons. The summed E-state index contributed by atoms with van der Waals surface area (Å²) in [5.41, 5.74) is 0.407. The van der Waals surface area contributed by atoms with Gasteiger partial charge in [-0.3, -0.25) is 0 Å². The van der Waals surface area contributed by atoms with Crippen LogP contribution in [-0.2, 0) is 5.41 Å². The van der Waals surface area contributed by atoms with Gasteiger partial charge in [-0.15, -0.1) is 0 Å². The van der Waals surface area contributed by atoms with Crippen LogP contribution in [0.4, 0.5) is 0 Å². The molecule has 0 amide bonds. The largest absolute Gasteiger partial charge is 0.339 e. The van der Waals surface area contributed by atoms with E-state index in [1.54, 1.807) is 0 Å². The Labute approximate surface area is 109 Å². The lowest BCUT2D eigenvalue weighted by molar-refractivity contribution is 0.234. The molecule has 0 aromatic carbocycles. The van der Waals surface area contributed by atoms with E-state index in [9.17, 15) is 0 Å². The van der Waals surface area contributed by atoms with Crippen LogP contribution in [0.3, 0.4) is 0 Å². The van der Waals surface area contributed by atoms with E-state index in [4.69, 9.17) is 9.51 Å². The van der Waals surface area contributed by atoms with Gasteiger partial charge >= 0.3 is 0 Å². The Balaban J connectivity index is 1.88. The number of nitrogens with zero attached hydrogens (tertiary/aromatic N) is 2. The molecular formula is C14H23N3O. The average Bonchev–Trinajstić information content (AvgIpc) is 2.83. The van der Waals surface area contributed by atoms with Gasteiger partial charge in [0.1, 0.15) is 0 Å². The third-order valence-electron chi connectivity index (χ3n) is 4.99. The van der Waals surface area contributed by atoms with Gasteiger partial charge < -0.3 is 9.84 Å². The first-order valence-corrected chi connectivity index (χ1v) is 7.00. The van der Waals surface area contributed by atoms with Crippen LogP contribution in [0.5, 0.6) is 0 Å². The summed E-state index contributed by atoms with van der Waals surface area (Å²) in [5, 5.41) is 7.67. The van der Waals surface area contributed by atoms with E-state index in [0.29, 0.717) is 17.3 Å². The molecule has 2 fully saturated rings. The first-order chi connectivity index (χ1) is 8.46. The van der Waals surface area contributed by atoms with Crippen LogP contribution in [0, 0.1) is 11.3 Å². The molecule has 2 aliphatic rings. The third-order valence-corrected chi connectivity index (χ3v) is 4.99. The molecule has 3 rings (SSSR count). The molecule has 2 heterocycles. The minimum absolute atomic E-state index is 0.0459. The summed E-state index contributed by atoms with van der Waals surface area (Å²) in [6.07, 6.45) is 2.28. The molecule has 1 saturated heterocycles. The Morgan fingerprint density at radius 1 is 1.39 bits per heavy atom. The Kier molecular flexibility index (Phi) is 2.56. The highest BCUT2D eigenvalue weighted by Gasteiger charge is 2.51. The van der Waals surface area contributed by atoms with Crippen molar-refractivity contribution in [3.63, 3.8) is 0 Å². The van der Waals surface area contributed by atoms with Gasteiger partial charge in [-0.2, -0.15) is 4.98 Å². The molecule has 0 spiro atoms. The van der Waals surface area contributed by atoms with Gasteiger partial charge in [0.2, 0.25) is 5.89 Å². The molecule has 100 valence electrons. The lowest BCUT2D eigenvalue weighted by Crippen LogP contribution is -2.35. The second-order valence-electron chi connectivity index (χ2n) is 6.94. The van der Waals surface area contributed by atoms with Crippen molar-refractivity contribution in [1.29, 1.82) is 0 Å². The fourth-order valence-electron chi connectivity index (χ4n) is 3.12. The SMILES string of the molecule is CC(C)C1(c2nc(C3CC3(C)C)no2)CCNC1. The number of hydrogen-bond acceptors (Lipinski definition) is 4. The Hall–Kier alpha value is -0.900. The van der Waals surface area contributed by atoms with Crippen LogP contribution in [0.25, 0.3) is 0 Å². The van der Waals surface area contributed by atoms with E-state index >= 15 is 0 Å². The van der Waals surface area contributed by atoms with Crippen molar-refractivity contribution in [2.75, 3.05) is 13.1 Å². The third kappa shape index (κ3) is 1.69. The molecule has 1 N–H and O–H groups in total. The van der Waals surface area contributed by atoms with Crippen molar-refractivity contribution >= 4 is 0 Å². The summed E-state index contributed by atoms with van der Waals surface area (Å²) in [5.74, 6) is 2.78. The van der Waals surface area contributed by atoms with E-state index in [0.717, 1.165) is 31.2 Å². The molecule has 18 heavy (non-hydrogen) atoms. The normalized spacial score (nSPS) is 34.2. The average molecular weight is 249 g/mol. The maximum atomic E-state index is 5.61. The lowest BCUT2D eigenvalue weighted by Gasteiger charge is -2.28. The van der Waals surface area contributed by atoms with E-state index < -0.39 is 0 Å². The van der Waals surface area contributed by atoms with Crippen LogP contribution in [0.1, 0.15) is 58.2 Å². The van der Waals surface area contributed by atoms with Crippen molar-refractivity contribution < 1.29 is 4.52 Å². The van der Waals surface area contributed by atoms with Crippen LogP contribution in [0.2, 0.25) is 0 Å². The maximum Gasteiger partial charge on any atom is 0.234 e. The Morgan fingerprint density at radius 2 is 2.11 bits per heavy atom. The van der Waals surface area contributed by atoms with Crippen LogP contribution < -0.4 is 5.32 Å². The van der Waals surface area contributed by atoms with Crippen LogP contribution in [0.15, 0.2) is 4.52 Å². The highest BCUT2D eigenvalue weighted by atomic mass is 16.5. The van der Waals surface area contributed by atoms with Gasteiger partial charge in [0.25, 0.3) is 0 Å². The van der Waals surface area contributed by atoms with Gasteiger partial charge in [-0.1, -0.05) is 32.9 Å². The first kappa shape index (κ1) is 12.2. The monoisotopic (exact) mass is 249 g/mol. The smallest absolute Gasteiger partial charge is 0.234 e.